The van der Waals surface area contributed by atoms with Gasteiger partial charge in [0.15, 0.2) is 0 Å². The highest BCUT2D eigenvalue weighted by atomic mass is 16.4. The van der Waals surface area contributed by atoms with Crippen LogP contribution in [0.1, 0.15) is 10.5 Å². The van der Waals surface area contributed by atoms with Crippen LogP contribution in [0.2, 0.25) is 0 Å². The molecular formula is C21H15N5O2. The third-order valence-corrected chi connectivity index (χ3v) is 4.64. The summed E-state index contributed by atoms with van der Waals surface area (Å²) in [6, 6.07) is 17.2. The SMILES string of the molecule is O=C(O)c1cc2cc(-c3cc(Nc4ccc5[nH]ncc5c4)ccn3)ccc2[nH]1. The first-order chi connectivity index (χ1) is 13.7. The van der Waals surface area contributed by atoms with Crippen LogP contribution in [0, 0.1) is 0 Å². The number of nitrogens with zero attached hydrogens (tertiary/aromatic N) is 2. The molecule has 5 rings (SSSR count). The standard InChI is InChI=1S/C21H15N5O2/c27-21(28)20-9-13-7-12(1-3-17(13)25-20)19-10-16(5-6-22-19)24-15-2-4-18-14(8-15)11-23-26-18/h1-11,25H,(H,22,24)(H,23,26)(H,27,28). The van der Waals surface area contributed by atoms with Crippen LogP contribution >= 0.6 is 0 Å². The van der Waals surface area contributed by atoms with Gasteiger partial charge in [0.05, 0.1) is 17.4 Å². The van der Waals surface area contributed by atoms with Crippen LogP contribution in [0.5, 0.6) is 0 Å². The average molecular weight is 369 g/mol. The van der Waals surface area contributed by atoms with Gasteiger partial charge < -0.3 is 15.4 Å². The summed E-state index contributed by atoms with van der Waals surface area (Å²) in [7, 11) is 0. The molecule has 0 fully saturated rings. The number of benzene rings is 2. The van der Waals surface area contributed by atoms with Gasteiger partial charge in [-0.25, -0.2) is 4.79 Å². The summed E-state index contributed by atoms with van der Waals surface area (Å²) in [6.07, 6.45) is 3.54. The largest absolute Gasteiger partial charge is 0.477 e. The molecule has 0 spiro atoms. The van der Waals surface area contributed by atoms with Crippen molar-refractivity contribution in [2.24, 2.45) is 0 Å². The third-order valence-electron chi connectivity index (χ3n) is 4.64. The number of H-pyrrole nitrogens is 2. The van der Waals surface area contributed by atoms with Gasteiger partial charge in [-0.1, -0.05) is 6.07 Å². The zero-order chi connectivity index (χ0) is 19.1. The van der Waals surface area contributed by atoms with Crippen molar-refractivity contribution >= 4 is 39.1 Å². The second kappa shape index (κ2) is 6.24. The van der Waals surface area contributed by atoms with Gasteiger partial charge in [-0.15, -0.1) is 0 Å². The summed E-state index contributed by atoms with van der Waals surface area (Å²) in [4.78, 5) is 18.5. The number of nitrogens with one attached hydrogen (secondary N) is 3. The van der Waals surface area contributed by atoms with Crippen LogP contribution in [0.4, 0.5) is 11.4 Å². The maximum Gasteiger partial charge on any atom is 0.352 e. The van der Waals surface area contributed by atoms with Gasteiger partial charge in [-0.3, -0.25) is 10.1 Å². The maximum absolute atomic E-state index is 11.2. The van der Waals surface area contributed by atoms with E-state index in [0.717, 1.165) is 44.4 Å². The van der Waals surface area contributed by atoms with Crippen molar-refractivity contribution in [2.45, 2.75) is 0 Å². The number of hydrogen-bond acceptors (Lipinski definition) is 4. The molecule has 0 unspecified atom stereocenters. The molecule has 0 aliphatic heterocycles. The molecule has 2 aromatic carbocycles. The van der Waals surface area contributed by atoms with Crippen molar-refractivity contribution in [1.29, 1.82) is 0 Å². The molecule has 0 aliphatic carbocycles. The van der Waals surface area contributed by atoms with Crippen LogP contribution in [0.15, 0.2) is 67.0 Å². The van der Waals surface area contributed by atoms with E-state index < -0.39 is 5.97 Å². The topological polar surface area (TPSA) is 107 Å². The van der Waals surface area contributed by atoms with E-state index in [4.69, 9.17) is 5.11 Å². The third kappa shape index (κ3) is 2.84. The lowest BCUT2D eigenvalue weighted by Gasteiger charge is -2.08. The van der Waals surface area contributed by atoms with Crippen LogP contribution < -0.4 is 5.32 Å². The lowest BCUT2D eigenvalue weighted by Crippen LogP contribution is -1.94. The number of fused-ring (bicyclic) bond motifs is 2. The Bertz CT molecular complexity index is 1340. The van der Waals surface area contributed by atoms with E-state index in [1.54, 1.807) is 18.5 Å². The molecule has 0 saturated carbocycles. The van der Waals surface area contributed by atoms with Crippen molar-refractivity contribution in [3.8, 4) is 11.3 Å². The Morgan fingerprint density at radius 1 is 0.929 bits per heavy atom. The van der Waals surface area contributed by atoms with E-state index in [1.165, 1.54) is 0 Å². The van der Waals surface area contributed by atoms with Crippen molar-refractivity contribution in [3.63, 3.8) is 0 Å². The van der Waals surface area contributed by atoms with Crippen LogP contribution in [0.25, 0.3) is 33.1 Å². The number of pyridine rings is 1. The van der Waals surface area contributed by atoms with E-state index in [2.05, 4.69) is 25.5 Å². The molecule has 0 saturated heterocycles. The summed E-state index contributed by atoms with van der Waals surface area (Å²) < 4.78 is 0. The van der Waals surface area contributed by atoms with Gasteiger partial charge in [-0.05, 0) is 48.5 Å². The number of aromatic carboxylic acids is 1. The molecule has 0 atom stereocenters. The molecule has 136 valence electrons. The molecule has 7 nitrogen and oxygen atoms in total. The zero-order valence-corrected chi connectivity index (χ0v) is 14.6. The van der Waals surface area contributed by atoms with Crippen molar-refractivity contribution < 1.29 is 9.90 Å². The molecule has 3 heterocycles. The molecule has 7 heteroatoms. The van der Waals surface area contributed by atoms with Gasteiger partial charge in [0.2, 0.25) is 0 Å². The first-order valence-corrected chi connectivity index (χ1v) is 8.68. The van der Waals surface area contributed by atoms with Gasteiger partial charge in [0.1, 0.15) is 5.69 Å². The Hall–Kier alpha value is -4.13. The first-order valence-electron chi connectivity index (χ1n) is 8.68. The number of carboxylic acids is 1. The molecule has 0 bridgehead atoms. The van der Waals surface area contributed by atoms with Crippen molar-refractivity contribution in [3.05, 3.63) is 72.7 Å². The maximum atomic E-state index is 11.2. The Balaban J connectivity index is 1.47. The Morgan fingerprint density at radius 3 is 2.68 bits per heavy atom. The zero-order valence-electron chi connectivity index (χ0n) is 14.6. The fraction of sp³-hybridized carbons (Fsp3) is 0. The van der Waals surface area contributed by atoms with Gasteiger partial charge in [-0.2, -0.15) is 5.10 Å². The quantitative estimate of drug-likeness (QED) is 0.372. The number of hydrogen-bond donors (Lipinski definition) is 4. The van der Waals surface area contributed by atoms with Gasteiger partial charge >= 0.3 is 5.97 Å². The average Bonchev–Trinajstić information content (AvgIpc) is 3.34. The lowest BCUT2D eigenvalue weighted by atomic mass is 10.1. The minimum Gasteiger partial charge on any atom is -0.477 e. The fourth-order valence-electron chi connectivity index (χ4n) is 3.26. The highest BCUT2D eigenvalue weighted by molar-refractivity contribution is 5.95. The molecule has 0 aliphatic rings. The second-order valence-electron chi connectivity index (χ2n) is 6.52. The van der Waals surface area contributed by atoms with E-state index in [1.807, 2.05) is 48.5 Å². The number of carboxylic acid groups (broad SMARTS) is 1. The Kier molecular flexibility index (Phi) is 3.58. The summed E-state index contributed by atoms with van der Waals surface area (Å²) in [6.45, 7) is 0. The monoisotopic (exact) mass is 369 g/mol. The highest BCUT2D eigenvalue weighted by Gasteiger charge is 2.09. The second-order valence-corrected chi connectivity index (χ2v) is 6.52. The molecule has 5 aromatic rings. The summed E-state index contributed by atoms with van der Waals surface area (Å²) in [5.74, 6) is -0.975. The normalized spacial score (nSPS) is 11.1. The number of carbonyl (C=O) groups is 1. The number of aromatic nitrogens is 4. The van der Waals surface area contributed by atoms with Crippen molar-refractivity contribution in [2.75, 3.05) is 5.32 Å². The van der Waals surface area contributed by atoms with Crippen LogP contribution in [-0.2, 0) is 0 Å². The minimum atomic E-state index is -0.975. The minimum absolute atomic E-state index is 0.171. The summed E-state index contributed by atoms with van der Waals surface area (Å²) >= 11 is 0. The highest BCUT2D eigenvalue weighted by Crippen LogP contribution is 2.27. The van der Waals surface area contributed by atoms with E-state index in [0.29, 0.717) is 0 Å². The molecular weight excluding hydrogens is 354 g/mol. The Labute approximate surface area is 159 Å². The number of aromatic amines is 2. The molecule has 3 aromatic heterocycles. The van der Waals surface area contributed by atoms with Gasteiger partial charge in [0.25, 0.3) is 0 Å². The predicted octanol–water partition coefficient (Wildman–Crippen LogP) is 4.55. The molecule has 0 amide bonds. The number of rotatable bonds is 4. The lowest BCUT2D eigenvalue weighted by molar-refractivity contribution is 0.0691. The van der Waals surface area contributed by atoms with E-state index >= 15 is 0 Å². The molecule has 4 N–H and O–H groups in total. The smallest absolute Gasteiger partial charge is 0.352 e. The first kappa shape index (κ1) is 16.1. The Morgan fingerprint density at radius 2 is 1.79 bits per heavy atom. The van der Waals surface area contributed by atoms with Gasteiger partial charge in [0, 0.05) is 39.4 Å². The fourth-order valence-corrected chi connectivity index (χ4v) is 3.26. The summed E-state index contributed by atoms with van der Waals surface area (Å²) in [5, 5.41) is 21.4. The van der Waals surface area contributed by atoms with Crippen molar-refractivity contribution in [1.82, 2.24) is 20.2 Å². The van der Waals surface area contributed by atoms with E-state index in [-0.39, 0.29) is 5.69 Å². The molecule has 28 heavy (non-hydrogen) atoms. The summed E-state index contributed by atoms with van der Waals surface area (Å²) in [5.41, 5.74) is 5.52. The van der Waals surface area contributed by atoms with Crippen LogP contribution in [-0.4, -0.2) is 31.2 Å². The van der Waals surface area contributed by atoms with Crippen LogP contribution in [0.3, 0.4) is 0 Å². The predicted molar refractivity (Wildman–Crippen MR) is 108 cm³/mol. The van der Waals surface area contributed by atoms with E-state index in [9.17, 15) is 4.79 Å². The number of anilines is 2. The molecule has 0 radical (unpaired) electrons.